The highest BCUT2D eigenvalue weighted by atomic mass is 16.1. The number of hydrogen-bond donors (Lipinski definition) is 2. The summed E-state index contributed by atoms with van der Waals surface area (Å²) in [5.41, 5.74) is 13.7. The Bertz CT molecular complexity index is 567. The minimum atomic E-state index is -0.486. The summed E-state index contributed by atoms with van der Waals surface area (Å²) in [6, 6.07) is 14.9. The SMILES string of the molecule is CN(c1ccccc1)c1ccc(N)cc1C(N)=O. The van der Waals surface area contributed by atoms with E-state index in [-0.39, 0.29) is 0 Å². The fourth-order valence-electron chi connectivity index (χ4n) is 1.83. The molecule has 0 fully saturated rings. The lowest BCUT2D eigenvalue weighted by molar-refractivity contribution is 0.100. The van der Waals surface area contributed by atoms with Crippen LogP contribution in [0.5, 0.6) is 0 Å². The molecule has 2 aromatic rings. The number of hydrogen-bond acceptors (Lipinski definition) is 3. The number of nitrogen functional groups attached to an aromatic ring is 1. The van der Waals surface area contributed by atoms with Gasteiger partial charge in [-0.15, -0.1) is 0 Å². The van der Waals surface area contributed by atoms with Gasteiger partial charge in [0.2, 0.25) is 0 Å². The molecule has 0 spiro atoms. The summed E-state index contributed by atoms with van der Waals surface area (Å²) in [7, 11) is 1.88. The summed E-state index contributed by atoms with van der Waals surface area (Å²) in [5.74, 6) is -0.486. The molecular weight excluding hydrogens is 226 g/mol. The molecule has 4 heteroatoms. The molecule has 0 aliphatic heterocycles. The zero-order valence-electron chi connectivity index (χ0n) is 10.1. The minimum Gasteiger partial charge on any atom is -0.399 e. The maximum Gasteiger partial charge on any atom is 0.250 e. The monoisotopic (exact) mass is 241 g/mol. The maximum absolute atomic E-state index is 11.4. The molecule has 2 rings (SSSR count). The van der Waals surface area contributed by atoms with Crippen LogP contribution in [0, 0.1) is 0 Å². The summed E-state index contributed by atoms with van der Waals surface area (Å²) in [6.07, 6.45) is 0. The lowest BCUT2D eigenvalue weighted by Gasteiger charge is -2.21. The fraction of sp³-hybridized carbons (Fsp3) is 0.0714. The van der Waals surface area contributed by atoms with Gasteiger partial charge < -0.3 is 16.4 Å². The van der Waals surface area contributed by atoms with Crippen molar-refractivity contribution in [2.45, 2.75) is 0 Å². The van der Waals surface area contributed by atoms with Gasteiger partial charge in [0.05, 0.1) is 11.3 Å². The molecule has 0 radical (unpaired) electrons. The number of carbonyl (C=O) groups excluding carboxylic acids is 1. The van der Waals surface area contributed by atoms with Crippen molar-refractivity contribution in [1.82, 2.24) is 0 Å². The summed E-state index contributed by atoms with van der Waals surface area (Å²) in [6.45, 7) is 0. The van der Waals surface area contributed by atoms with Crippen molar-refractivity contribution in [2.75, 3.05) is 17.7 Å². The van der Waals surface area contributed by atoms with Crippen LogP contribution in [0.1, 0.15) is 10.4 Å². The van der Waals surface area contributed by atoms with Crippen LogP contribution < -0.4 is 16.4 Å². The first-order valence-electron chi connectivity index (χ1n) is 5.57. The van der Waals surface area contributed by atoms with Crippen molar-refractivity contribution in [3.8, 4) is 0 Å². The number of nitrogens with two attached hydrogens (primary N) is 2. The van der Waals surface area contributed by atoms with Crippen LogP contribution in [-0.2, 0) is 0 Å². The number of nitrogens with zero attached hydrogens (tertiary/aromatic N) is 1. The predicted octanol–water partition coefficient (Wildman–Crippen LogP) is 2.14. The third-order valence-electron chi connectivity index (χ3n) is 2.79. The van der Waals surface area contributed by atoms with Gasteiger partial charge in [0.25, 0.3) is 5.91 Å². The van der Waals surface area contributed by atoms with Crippen LogP contribution >= 0.6 is 0 Å². The highest BCUT2D eigenvalue weighted by molar-refractivity contribution is 6.00. The normalized spacial score (nSPS) is 10.1. The Labute approximate surface area is 106 Å². The van der Waals surface area contributed by atoms with Crippen molar-refractivity contribution in [3.63, 3.8) is 0 Å². The molecule has 92 valence electrons. The fourth-order valence-corrected chi connectivity index (χ4v) is 1.83. The lowest BCUT2D eigenvalue weighted by Crippen LogP contribution is -2.18. The quantitative estimate of drug-likeness (QED) is 0.808. The number of primary amides is 1. The molecule has 0 atom stereocenters. The molecule has 0 saturated carbocycles. The lowest BCUT2D eigenvalue weighted by atomic mass is 10.1. The highest BCUT2D eigenvalue weighted by Crippen LogP contribution is 2.28. The average Bonchev–Trinajstić information content (AvgIpc) is 2.39. The van der Waals surface area contributed by atoms with Crippen molar-refractivity contribution in [3.05, 3.63) is 54.1 Å². The second-order valence-electron chi connectivity index (χ2n) is 4.04. The van der Waals surface area contributed by atoms with Crippen molar-refractivity contribution >= 4 is 23.0 Å². The van der Waals surface area contributed by atoms with Gasteiger partial charge in [0.15, 0.2) is 0 Å². The molecule has 0 bridgehead atoms. The summed E-state index contributed by atoms with van der Waals surface area (Å²) >= 11 is 0. The number of amides is 1. The molecule has 0 saturated heterocycles. The minimum absolute atomic E-state index is 0.418. The van der Waals surface area contributed by atoms with Gasteiger partial charge in [-0.25, -0.2) is 0 Å². The van der Waals surface area contributed by atoms with Gasteiger partial charge in [-0.2, -0.15) is 0 Å². The smallest absolute Gasteiger partial charge is 0.250 e. The molecular formula is C14H15N3O. The third kappa shape index (κ3) is 2.27. The van der Waals surface area contributed by atoms with E-state index in [9.17, 15) is 4.79 Å². The Morgan fingerprint density at radius 2 is 1.78 bits per heavy atom. The zero-order valence-corrected chi connectivity index (χ0v) is 10.1. The first kappa shape index (κ1) is 12.0. The van der Waals surface area contributed by atoms with Gasteiger partial charge in [-0.1, -0.05) is 18.2 Å². The molecule has 4 nitrogen and oxygen atoms in total. The van der Waals surface area contributed by atoms with Crippen LogP contribution in [0.4, 0.5) is 17.1 Å². The number of benzene rings is 2. The molecule has 0 unspecified atom stereocenters. The van der Waals surface area contributed by atoms with Gasteiger partial charge >= 0.3 is 0 Å². The van der Waals surface area contributed by atoms with Crippen LogP contribution in [0.15, 0.2) is 48.5 Å². The number of para-hydroxylation sites is 1. The van der Waals surface area contributed by atoms with Crippen molar-refractivity contribution < 1.29 is 4.79 Å². The van der Waals surface area contributed by atoms with Crippen LogP contribution in [-0.4, -0.2) is 13.0 Å². The maximum atomic E-state index is 11.4. The molecule has 0 aromatic heterocycles. The molecule has 4 N–H and O–H groups in total. The molecule has 18 heavy (non-hydrogen) atoms. The largest absolute Gasteiger partial charge is 0.399 e. The van der Waals surface area contributed by atoms with E-state index < -0.39 is 5.91 Å². The number of carbonyl (C=O) groups is 1. The second-order valence-corrected chi connectivity index (χ2v) is 4.04. The van der Waals surface area contributed by atoms with E-state index in [0.29, 0.717) is 11.3 Å². The van der Waals surface area contributed by atoms with E-state index in [0.717, 1.165) is 11.4 Å². The second kappa shape index (κ2) is 4.79. The van der Waals surface area contributed by atoms with Crippen LogP contribution in [0.3, 0.4) is 0 Å². The Balaban J connectivity index is 2.48. The zero-order chi connectivity index (χ0) is 13.1. The Morgan fingerprint density at radius 3 is 2.39 bits per heavy atom. The molecule has 2 aromatic carbocycles. The van der Waals surface area contributed by atoms with E-state index in [4.69, 9.17) is 11.5 Å². The summed E-state index contributed by atoms with van der Waals surface area (Å²) in [4.78, 5) is 13.4. The van der Waals surface area contributed by atoms with Gasteiger partial charge in [0.1, 0.15) is 0 Å². The third-order valence-corrected chi connectivity index (χ3v) is 2.79. The van der Waals surface area contributed by atoms with Gasteiger partial charge in [0, 0.05) is 18.4 Å². The van der Waals surface area contributed by atoms with E-state index in [1.807, 2.05) is 42.3 Å². The van der Waals surface area contributed by atoms with Crippen LogP contribution in [0.2, 0.25) is 0 Å². The summed E-state index contributed by atoms with van der Waals surface area (Å²) in [5, 5.41) is 0. The van der Waals surface area contributed by atoms with E-state index >= 15 is 0 Å². The van der Waals surface area contributed by atoms with E-state index in [1.165, 1.54) is 0 Å². The highest BCUT2D eigenvalue weighted by Gasteiger charge is 2.13. The number of rotatable bonds is 3. The molecule has 0 aliphatic carbocycles. The Hall–Kier alpha value is -2.49. The summed E-state index contributed by atoms with van der Waals surface area (Å²) < 4.78 is 0. The van der Waals surface area contributed by atoms with E-state index in [1.54, 1.807) is 18.2 Å². The van der Waals surface area contributed by atoms with Crippen LogP contribution in [0.25, 0.3) is 0 Å². The Morgan fingerprint density at radius 1 is 1.11 bits per heavy atom. The molecule has 1 amide bonds. The molecule has 0 heterocycles. The van der Waals surface area contributed by atoms with Crippen molar-refractivity contribution in [2.24, 2.45) is 5.73 Å². The van der Waals surface area contributed by atoms with Crippen molar-refractivity contribution in [1.29, 1.82) is 0 Å². The van der Waals surface area contributed by atoms with E-state index in [2.05, 4.69) is 0 Å². The topological polar surface area (TPSA) is 72.3 Å². The Kier molecular flexibility index (Phi) is 3.19. The number of anilines is 3. The van der Waals surface area contributed by atoms with Gasteiger partial charge in [-0.3, -0.25) is 4.79 Å². The van der Waals surface area contributed by atoms with Gasteiger partial charge in [-0.05, 0) is 30.3 Å². The standard InChI is InChI=1S/C14H15N3O/c1-17(11-5-3-2-4-6-11)13-8-7-10(15)9-12(13)14(16)18/h2-9H,15H2,1H3,(H2,16,18). The first-order chi connectivity index (χ1) is 8.59. The first-order valence-corrected chi connectivity index (χ1v) is 5.57. The predicted molar refractivity (Wildman–Crippen MR) is 73.9 cm³/mol. The average molecular weight is 241 g/mol. The molecule has 0 aliphatic rings.